The van der Waals surface area contributed by atoms with E-state index < -0.39 is 24.1 Å². The molecule has 0 aliphatic rings. The number of halogens is 1. The average Bonchev–Trinajstić information content (AvgIpc) is 2.16. The van der Waals surface area contributed by atoms with E-state index >= 15 is 0 Å². The lowest BCUT2D eigenvalue weighted by atomic mass is 10.1. The molecular formula is C12H17FO3. The van der Waals surface area contributed by atoms with Crippen LogP contribution in [-0.4, -0.2) is 22.4 Å². The molecule has 2 unspecified atom stereocenters. The van der Waals surface area contributed by atoms with Gasteiger partial charge in [0, 0.05) is 11.6 Å². The van der Waals surface area contributed by atoms with Crippen LogP contribution in [0.15, 0.2) is 18.2 Å². The highest BCUT2D eigenvalue weighted by molar-refractivity contribution is 5.35. The second-order valence-electron chi connectivity index (χ2n) is 3.92. The fourth-order valence-electron chi connectivity index (χ4n) is 1.25. The summed E-state index contributed by atoms with van der Waals surface area (Å²) in [6, 6.07) is 3.95. The topological polar surface area (TPSA) is 49.7 Å². The SMILES string of the molecule is CC(O)C(C)Oc1cc(F)ccc1[C@H](C)O. The first-order chi connectivity index (χ1) is 7.41. The van der Waals surface area contributed by atoms with Gasteiger partial charge in [0.2, 0.25) is 0 Å². The van der Waals surface area contributed by atoms with Gasteiger partial charge >= 0.3 is 0 Å². The first-order valence-corrected chi connectivity index (χ1v) is 5.24. The number of hydrogen-bond donors (Lipinski definition) is 2. The molecule has 0 bridgehead atoms. The van der Waals surface area contributed by atoms with Crippen molar-refractivity contribution < 1.29 is 19.3 Å². The maximum atomic E-state index is 13.0. The van der Waals surface area contributed by atoms with E-state index in [-0.39, 0.29) is 5.75 Å². The summed E-state index contributed by atoms with van der Waals surface area (Å²) < 4.78 is 18.4. The average molecular weight is 228 g/mol. The van der Waals surface area contributed by atoms with Crippen LogP contribution in [-0.2, 0) is 0 Å². The molecule has 0 fully saturated rings. The number of ether oxygens (including phenoxy) is 1. The van der Waals surface area contributed by atoms with Crippen LogP contribution in [0.25, 0.3) is 0 Å². The van der Waals surface area contributed by atoms with Crippen molar-refractivity contribution in [1.29, 1.82) is 0 Å². The van der Waals surface area contributed by atoms with E-state index in [1.165, 1.54) is 18.2 Å². The number of hydrogen-bond acceptors (Lipinski definition) is 3. The smallest absolute Gasteiger partial charge is 0.128 e. The Morgan fingerprint density at radius 3 is 2.31 bits per heavy atom. The van der Waals surface area contributed by atoms with E-state index in [4.69, 9.17) is 4.74 Å². The van der Waals surface area contributed by atoms with Crippen LogP contribution < -0.4 is 4.74 Å². The van der Waals surface area contributed by atoms with Crippen molar-refractivity contribution in [2.75, 3.05) is 0 Å². The van der Waals surface area contributed by atoms with Crippen LogP contribution in [0.2, 0.25) is 0 Å². The zero-order chi connectivity index (χ0) is 12.3. The first kappa shape index (κ1) is 12.9. The van der Waals surface area contributed by atoms with E-state index in [1.807, 2.05) is 0 Å². The molecule has 0 heterocycles. The Bertz CT molecular complexity index is 350. The van der Waals surface area contributed by atoms with Gasteiger partial charge in [-0.05, 0) is 32.9 Å². The second kappa shape index (κ2) is 5.27. The minimum absolute atomic E-state index is 0.267. The summed E-state index contributed by atoms with van der Waals surface area (Å²) in [6.07, 6.45) is -1.86. The van der Waals surface area contributed by atoms with Gasteiger partial charge in [0.05, 0.1) is 12.2 Å². The molecule has 0 aliphatic heterocycles. The lowest BCUT2D eigenvalue weighted by Crippen LogP contribution is -2.26. The van der Waals surface area contributed by atoms with Crippen LogP contribution in [0.5, 0.6) is 5.75 Å². The largest absolute Gasteiger partial charge is 0.488 e. The monoisotopic (exact) mass is 228 g/mol. The number of rotatable bonds is 4. The predicted octanol–water partition coefficient (Wildman–Crippen LogP) is 2.03. The Balaban J connectivity index is 2.96. The quantitative estimate of drug-likeness (QED) is 0.829. The van der Waals surface area contributed by atoms with E-state index in [2.05, 4.69) is 0 Å². The van der Waals surface area contributed by atoms with E-state index in [1.54, 1.807) is 20.8 Å². The molecule has 0 aliphatic carbocycles. The van der Waals surface area contributed by atoms with Gasteiger partial charge in [-0.15, -0.1) is 0 Å². The molecule has 4 heteroatoms. The molecule has 16 heavy (non-hydrogen) atoms. The zero-order valence-corrected chi connectivity index (χ0v) is 9.64. The van der Waals surface area contributed by atoms with E-state index in [0.29, 0.717) is 5.56 Å². The van der Waals surface area contributed by atoms with Crippen molar-refractivity contribution >= 4 is 0 Å². The van der Waals surface area contributed by atoms with Gasteiger partial charge in [-0.1, -0.05) is 0 Å². The summed E-state index contributed by atoms with van der Waals surface area (Å²) in [7, 11) is 0. The molecule has 0 radical (unpaired) electrons. The fraction of sp³-hybridized carbons (Fsp3) is 0.500. The molecule has 0 amide bonds. The van der Waals surface area contributed by atoms with Crippen molar-refractivity contribution in [2.24, 2.45) is 0 Å². The first-order valence-electron chi connectivity index (χ1n) is 5.24. The molecule has 0 saturated heterocycles. The predicted molar refractivity (Wildman–Crippen MR) is 58.8 cm³/mol. The molecule has 1 rings (SSSR count). The summed E-state index contributed by atoms with van der Waals surface area (Å²) in [5.74, 6) is -0.166. The summed E-state index contributed by atoms with van der Waals surface area (Å²) >= 11 is 0. The Morgan fingerprint density at radius 2 is 1.81 bits per heavy atom. The molecule has 0 spiro atoms. The lowest BCUT2D eigenvalue weighted by molar-refractivity contribution is 0.0575. The summed E-state index contributed by atoms with van der Waals surface area (Å²) in [6.45, 7) is 4.85. The van der Waals surface area contributed by atoms with Gasteiger partial charge in [-0.3, -0.25) is 0 Å². The molecule has 1 aromatic rings. The summed E-state index contributed by atoms with van der Waals surface area (Å²) in [5.41, 5.74) is 0.508. The van der Waals surface area contributed by atoms with Crippen molar-refractivity contribution in [1.82, 2.24) is 0 Å². The maximum Gasteiger partial charge on any atom is 0.128 e. The van der Waals surface area contributed by atoms with Gasteiger partial charge in [0.15, 0.2) is 0 Å². The number of aliphatic hydroxyl groups is 2. The van der Waals surface area contributed by atoms with Crippen LogP contribution in [0, 0.1) is 5.82 Å². The lowest BCUT2D eigenvalue weighted by Gasteiger charge is -2.20. The molecule has 0 saturated carbocycles. The van der Waals surface area contributed by atoms with Crippen molar-refractivity contribution in [3.63, 3.8) is 0 Å². The third-order valence-electron chi connectivity index (χ3n) is 2.42. The molecular weight excluding hydrogens is 211 g/mol. The Hall–Kier alpha value is -1.13. The minimum atomic E-state index is -0.739. The van der Waals surface area contributed by atoms with Crippen molar-refractivity contribution in [3.8, 4) is 5.75 Å². The molecule has 90 valence electrons. The standard InChI is InChI=1S/C12H17FO3/c1-7(14)9(3)16-12-6-10(13)4-5-11(12)8(2)15/h4-9,14-15H,1-3H3/t7?,8-,9?/m0/s1. The second-order valence-corrected chi connectivity index (χ2v) is 3.92. The van der Waals surface area contributed by atoms with Crippen LogP contribution in [0.3, 0.4) is 0 Å². The third kappa shape index (κ3) is 3.18. The van der Waals surface area contributed by atoms with Crippen molar-refractivity contribution in [2.45, 2.75) is 39.1 Å². The highest BCUT2D eigenvalue weighted by Crippen LogP contribution is 2.27. The van der Waals surface area contributed by atoms with Crippen molar-refractivity contribution in [3.05, 3.63) is 29.6 Å². The number of benzene rings is 1. The molecule has 0 aromatic heterocycles. The highest BCUT2D eigenvalue weighted by atomic mass is 19.1. The Morgan fingerprint density at radius 1 is 1.19 bits per heavy atom. The molecule has 3 nitrogen and oxygen atoms in total. The van der Waals surface area contributed by atoms with Crippen LogP contribution in [0.4, 0.5) is 4.39 Å². The third-order valence-corrected chi connectivity index (χ3v) is 2.42. The fourth-order valence-corrected chi connectivity index (χ4v) is 1.25. The maximum absolute atomic E-state index is 13.0. The molecule has 3 atom stereocenters. The molecule has 2 N–H and O–H groups in total. The van der Waals surface area contributed by atoms with Gasteiger partial charge < -0.3 is 14.9 Å². The minimum Gasteiger partial charge on any atom is -0.488 e. The Labute approximate surface area is 94.5 Å². The zero-order valence-electron chi connectivity index (χ0n) is 9.64. The van der Waals surface area contributed by atoms with Gasteiger partial charge in [0.25, 0.3) is 0 Å². The number of aliphatic hydroxyl groups excluding tert-OH is 2. The highest BCUT2D eigenvalue weighted by Gasteiger charge is 2.15. The van der Waals surface area contributed by atoms with E-state index in [9.17, 15) is 14.6 Å². The van der Waals surface area contributed by atoms with Gasteiger partial charge in [-0.2, -0.15) is 0 Å². The van der Waals surface area contributed by atoms with Crippen LogP contribution in [0.1, 0.15) is 32.4 Å². The van der Waals surface area contributed by atoms with Gasteiger partial charge in [0.1, 0.15) is 17.7 Å². The Kier molecular flexibility index (Phi) is 4.26. The van der Waals surface area contributed by atoms with Crippen LogP contribution >= 0.6 is 0 Å². The van der Waals surface area contributed by atoms with E-state index in [0.717, 1.165) is 0 Å². The summed E-state index contributed by atoms with van der Waals surface area (Å²) in [4.78, 5) is 0. The molecule has 1 aromatic carbocycles. The normalized spacial score (nSPS) is 16.6. The van der Waals surface area contributed by atoms with Gasteiger partial charge in [-0.25, -0.2) is 4.39 Å². The summed E-state index contributed by atoms with van der Waals surface area (Å²) in [5, 5.41) is 18.8.